The number of carbonyl (C=O) groups is 3. The van der Waals surface area contributed by atoms with Crippen molar-refractivity contribution in [2.75, 3.05) is 20.8 Å². The summed E-state index contributed by atoms with van der Waals surface area (Å²) in [4.78, 5) is 39.9. The molecule has 180 valence electrons. The van der Waals surface area contributed by atoms with Gasteiger partial charge in [0.25, 0.3) is 5.91 Å². The highest BCUT2D eigenvalue weighted by Gasteiger charge is 2.49. The molecule has 0 aromatic heterocycles. The number of nitrogens with zero attached hydrogens (tertiary/aromatic N) is 1. The fraction of sp³-hybridized carbons (Fsp3) is 0.222. The molecule has 4 amide bonds. The van der Waals surface area contributed by atoms with Crippen LogP contribution in [0.1, 0.15) is 29.7 Å². The molecule has 1 unspecified atom stereocenters. The number of urea groups is 1. The molecule has 4 rings (SSSR count). The molecular weight excluding hydrogens is 446 g/mol. The lowest BCUT2D eigenvalue weighted by atomic mass is 9.92. The van der Waals surface area contributed by atoms with Gasteiger partial charge in [0, 0.05) is 0 Å². The Bertz CT molecular complexity index is 1160. The van der Waals surface area contributed by atoms with Gasteiger partial charge < -0.3 is 20.1 Å². The van der Waals surface area contributed by atoms with Gasteiger partial charge in [0.15, 0.2) is 0 Å². The zero-order valence-electron chi connectivity index (χ0n) is 19.8. The van der Waals surface area contributed by atoms with E-state index in [-0.39, 0.29) is 0 Å². The van der Waals surface area contributed by atoms with Gasteiger partial charge in [0.05, 0.1) is 20.3 Å². The van der Waals surface area contributed by atoms with Gasteiger partial charge in [0.2, 0.25) is 5.91 Å². The smallest absolute Gasteiger partial charge is 0.325 e. The number of hydrogen-bond donors (Lipinski definition) is 2. The van der Waals surface area contributed by atoms with Crippen molar-refractivity contribution < 1.29 is 23.9 Å². The molecule has 0 bridgehead atoms. The van der Waals surface area contributed by atoms with Gasteiger partial charge in [-0.1, -0.05) is 54.6 Å². The number of amides is 4. The van der Waals surface area contributed by atoms with E-state index >= 15 is 0 Å². The number of methoxy groups -OCH3 is 2. The van der Waals surface area contributed by atoms with Crippen LogP contribution in [0.15, 0.2) is 78.9 Å². The molecule has 8 nitrogen and oxygen atoms in total. The summed E-state index contributed by atoms with van der Waals surface area (Å²) in [6, 6.07) is 22.5. The third-order valence-corrected chi connectivity index (χ3v) is 6.13. The van der Waals surface area contributed by atoms with Crippen LogP contribution in [-0.2, 0) is 15.1 Å². The van der Waals surface area contributed by atoms with Crippen LogP contribution in [0, 0.1) is 0 Å². The first-order chi connectivity index (χ1) is 16.9. The summed E-state index contributed by atoms with van der Waals surface area (Å²) in [5, 5.41) is 5.69. The summed E-state index contributed by atoms with van der Waals surface area (Å²) >= 11 is 0. The highest BCUT2D eigenvalue weighted by molar-refractivity contribution is 6.09. The molecule has 1 fully saturated rings. The number of hydrogen-bond acceptors (Lipinski definition) is 5. The minimum Gasteiger partial charge on any atom is -0.497 e. The van der Waals surface area contributed by atoms with E-state index in [9.17, 15) is 14.4 Å². The molecule has 8 heteroatoms. The molecule has 0 radical (unpaired) electrons. The van der Waals surface area contributed by atoms with E-state index < -0.39 is 36.0 Å². The van der Waals surface area contributed by atoms with Gasteiger partial charge in [-0.3, -0.25) is 14.5 Å². The predicted molar refractivity (Wildman–Crippen MR) is 130 cm³/mol. The summed E-state index contributed by atoms with van der Waals surface area (Å²) in [6.45, 7) is 1.23. The maximum absolute atomic E-state index is 13.2. The van der Waals surface area contributed by atoms with Crippen molar-refractivity contribution in [1.82, 2.24) is 15.5 Å². The summed E-state index contributed by atoms with van der Waals surface area (Å²) in [5.74, 6) is 0.429. The Hall–Kier alpha value is -4.33. The molecule has 2 N–H and O–H groups in total. The topological polar surface area (TPSA) is 97.0 Å². The Balaban J connectivity index is 1.55. The molecule has 1 aliphatic rings. The second kappa shape index (κ2) is 9.89. The van der Waals surface area contributed by atoms with E-state index in [1.165, 1.54) is 0 Å². The van der Waals surface area contributed by atoms with Crippen LogP contribution in [0.5, 0.6) is 11.5 Å². The van der Waals surface area contributed by atoms with E-state index in [0.717, 1.165) is 16.0 Å². The fourth-order valence-electron chi connectivity index (χ4n) is 4.11. The Labute approximate surface area is 203 Å². The van der Waals surface area contributed by atoms with Crippen molar-refractivity contribution >= 4 is 17.8 Å². The van der Waals surface area contributed by atoms with Gasteiger partial charge in [-0.2, -0.15) is 0 Å². The molecule has 3 aromatic carbocycles. The summed E-state index contributed by atoms with van der Waals surface area (Å²) in [6.07, 6.45) is 0. The van der Waals surface area contributed by atoms with Crippen LogP contribution in [-0.4, -0.2) is 43.5 Å². The Kier molecular flexibility index (Phi) is 6.73. The predicted octanol–water partition coefficient (Wildman–Crippen LogP) is 3.38. The van der Waals surface area contributed by atoms with Crippen molar-refractivity contribution in [2.24, 2.45) is 0 Å². The van der Waals surface area contributed by atoms with Crippen molar-refractivity contribution in [1.29, 1.82) is 0 Å². The SMILES string of the molecule is COc1ccc(C(NC(=O)CN2C(=O)NC(C)(c3ccccc3)C2=O)c2ccc(OC)cc2)cc1. The Morgan fingerprint density at radius 3 is 1.89 bits per heavy atom. The number of nitrogens with one attached hydrogen (secondary N) is 2. The standard InChI is InChI=1S/C27H27N3O5/c1-27(20-7-5-4-6-8-20)25(32)30(26(33)29-27)17-23(31)28-24(18-9-13-21(34-2)14-10-18)19-11-15-22(35-3)16-12-19/h4-16,24H,17H2,1-3H3,(H,28,31)(H,29,33). The first-order valence-corrected chi connectivity index (χ1v) is 11.1. The molecule has 35 heavy (non-hydrogen) atoms. The van der Waals surface area contributed by atoms with E-state index in [2.05, 4.69) is 10.6 Å². The zero-order valence-corrected chi connectivity index (χ0v) is 19.8. The Morgan fingerprint density at radius 1 is 0.886 bits per heavy atom. The molecule has 3 aromatic rings. The zero-order chi connectivity index (χ0) is 25.0. The molecule has 1 atom stereocenters. The lowest BCUT2D eigenvalue weighted by molar-refractivity contribution is -0.135. The molecule has 0 spiro atoms. The normalized spacial score (nSPS) is 17.3. The minimum absolute atomic E-state index is 0.407. The lowest BCUT2D eigenvalue weighted by Gasteiger charge is -2.23. The monoisotopic (exact) mass is 473 g/mol. The summed E-state index contributed by atoms with van der Waals surface area (Å²) < 4.78 is 10.5. The number of carbonyl (C=O) groups excluding carboxylic acids is 3. The maximum atomic E-state index is 13.2. The highest BCUT2D eigenvalue weighted by atomic mass is 16.5. The van der Waals surface area contributed by atoms with E-state index in [4.69, 9.17) is 9.47 Å². The first kappa shape index (κ1) is 23.8. The van der Waals surface area contributed by atoms with Crippen molar-refractivity contribution in [3.8, 4) is 11.5 Å². The number of ether oxygens (including phenoxy) is 2. The highest BCUT2D eigenvalue weighted by Crippen LogP contribution is 2.29. The quantitative estimate of drug-likeness (QED) is 0.489. The fourth-order valence-corrected chi connectivity index (χ4v) is 4.11. The van der Waals surface area contributed by atoms with Crippen molar-refractivity contribution in [2.45, 2.75) is 18.5 Å². The average Bonchev–Trinajstić information content (AvgIpc) is 3.11. The van der Waals surface area contributed by atoms with Gasteiger partial charge in [-0.25, -0.2) is 4.79 Å². The van der Waals surface area contributed by atoms with Crippen LogP contribution in [0.4, 0.5) is 4.79 Å². The molecule has 1 heterocycles. The van der Waals surface area contributed by atoms with Gasteiger partial charge >= 0.3 is 6.03 Å². The molecule has 0 saturated carbocycles. The average molecular weight is 474 g/mol. The van der Waals surface area contributed by atoms with Gasteiger partial charge in [-0.15, -0.1) is 0 Å². The van der Waals surface area contributed by atoms with E-state index in [1.54, 1.807) is 69.7 Å². The van der Waals surface area contributed by atoms with Crippen molar-refractivity contribution in [3.05, 3.63) is 95.6 Å². The molecular formula is C27H27N3O5. The minimum atomic E-state index is -1.23. The second-order valence-corrected chi connectivity index (χ2v) is 8.36. The van der Waals surface area contributed by atoms with Crippen LogP contribution in [0.25, 0.3) is 0 Å². The second-order valence-electron chi connectivity index (χ2n) is 8.36. The van der Waals surface area contributed by atoms with Crippen LogP contribution < -0.4 is 20.1 Å². The van der Waals surface area contributed by atoms with Crippen LogP contribution in [0.3, 0.4) is 0 Å². The number of rotatable bonds is 8. The van der Waals surface area contributed by atoms with Gasteiger partial charge in [-0.05, 0) is 47.9 Å². The number of imide groups is 1. The maximum Gasteiger partial charge on any atom is 0.325 e. The molecule has 1 saturated heterocycles. The summed E-state index contributed by atoms with van der Waals surface area (Å²) in [5.41, 5.74) is 1.05. The van der Waals surface area contributed by atoms with E-state index in [1.807, 2.05) is 30.3 Å². The van der Waals surface area contributed by atoms with Gasteiger partial charge in [0.1, 0.15) is 23.6 Å². The van der Waals surface area contributed by atoms with E-state index in [0.29, 0.717) is 17.1 Å². The molecule has 0 aliphatic carbocycles. The lowest BCUT2D eigenvalue weighted by Crippen LogP contribution is -2.44. The Morgan fingerprint density at radius 2 is 1.40 bits per heavy atom. The number of benzene rings is 3. The third kappa shape index (κ3) is 4.82. The molecule has 1 aliphatic heterocycles. The third-order valence-electron chi connectivity index (χ3n) is 6.13. The van der Waals surface area contributed by atoms with Crippen LogP contribution >= 0.6 is 0 Å². The first-order valence-electron chi connectivity index (χ1n) is 11.1. The summed E-state index contributed by atoms with van der Waals surface area (Å²) in [7, 11) is 3.16. The largest absolute Gasteiger partial charge is 0.497 e. The van der Waals surface area contributed by atoms with Crippen LogP contribution in [0.2, 0.25) is 0 Å². The van der Waals surface area contributed by atoms with Crippen molar-refractivity contribution in [3.63, 3.8) is 0 Å².